The van der Waals surface area contributed by atoms with Crippen molar-refractivity contribution < 1.29 is 9.53 Å². The van der Waals surface area contributed by atoms with Crippen molar-refractivity contribution in [2.24, 2.45) is 0 Å². The first-order valence-corrected chi connectivity index (χ1v) is 8.17. The van der Waals surface area contributed by atoms with Gasteiger partial charge in [0.1, 0.15) is 11.4 Å². The summed E-state index contributed by atoms with van der Waals surface area (Å²) in [6, 6.07) is 16.1. The minimum absolute atomic E-state index is 0.0595. The van der Waals surface area contributed by atoms with Crippen LogP contribution in [0.1, 0.15) is 28.0 Å². The second-order valence-corrected chi connectivity index (χ2v) is 5.88. The number of hydrogen-bond acceptors (Lipinski definition) is 2. The Kier molecular flexibility index (Phi) is 4.85. The summed E-state index contributed by atoms with van der Waals surface area (Å²) in [5.74, 6) is 0.717. The van der Waals surface area contributed by atoms with Crippen molar-refractivity contribution in [3.63, 3.8) is 0 Å². The molecule has 0 unspecified atom stereocenters. The second kappa shape index (κ2) is 7.21. The van der Waals surface area contributed by atoms with E-state index in [0.717, 1.165) is 35.1 Å². The monoisotopic (exact) mass is 322 g/mol. The quantitative estimate of drug-likeness (QED) is 0.677. The third kappa shape index (κ3) is 3.43. The fourth-order valence-corrected chi connectivity index (χ4v) is 2.90. The molecule has 0 saturated carbocycles. The van der Waals surface area contributed by atoms with Crippen molar-refractivity contribution in [1.82, 2.24) is 10.3 Å². The minimum atomic E-state index is -0.0595. The van der Waals surface area contributed by atoms with Gasteiger partial charge in [-0.05, 0) is 43.0 Å². The van der Waals surface area contributed by atoms with Gasteiger partial charge < -0.3 is 15.0 Å². The summed E-state index contributed by atoms with van der Waals surface area (Å²) >= 11 is 0. The Morgan fingerprint density at radius 1 is 1.17 bits per heavy atom. The number of nitrogens with one attached hydrogen (secondary N) is 2. The lowest BCUT2D eigenvalue weighted by Crippen LogP contribution is -2.25. The number of amides is 1. The summed E-state index contributed by atoms with van der Waals surface area (Å²) in [6.45, 7) is 2.62. The first-order chi connectivity index (χ1) is 11.7. The van der Waals surface area contributed by atoms with Crippen LogP contribution in [0.15, 0.2) is 48.5 Å². The smallest absolute Gasteiger partial charge is 0.268 e. The molecule has 0 fully saturated rings. The molecule has 124 valence electrons. The van der Waals surface area contributed by atoms with E-state index >= 15 is 0 Å². The molecule has 0 aliphatic heterocycles. The van der Waals surface area contributed by atoms with E-state index in [1.165, 1.54) is 5.56 Å². The number of fused-ring (bicyclic) bond motifs is 1. The lowest BCUT2D eigenvalue weighted by atomic mass is 10.1. The van der Waals surface area contributed by atoms with Gasteiger partial charge >= 0.3 is 0 Å². The van der Waals surface area contributed by atoms with Crippen LogP contribution in [0.3, 0.4) is 0 Å². The number of aromatic amines is 1. The van der Waals surface area contributed by atoms with E-state index in [1.807, 2.05) is 43.3 Å². The molecule has 0 aliphatic carbocycles. The standard InChI is InChI=1S/C20H22N2O2/c1-14-17-11-10-16(24-2)13-18(17)22-19(14)20(23)21-12-6-9-15-7-4-3-5-8-15/h3-5,7-8,10-11,13,22H,6,9,12H2,1-2H3,(H,21,23). The molecule has 0 aliphatic rings. The van der Waals surface area contributed by atoms with Crippen LogP contribution in [-0.4, -0.2) is 24.5 Å². The van der Waals surface area contributed by atoms with Crippen molar-refractivity contribution in [2.45, 2.75) is 19.8 Å². The SMILES string of the molecule is COc1ccc2c(C)c(C(=O)NCCCc3ccccc3)[nH]c2c1. The maximum Gasteiger partial charge on any atom is 0.268 e. The van der Waals surface area contributed by atoms with Gasteiger partial charge in [-0.15, -0.1) is 0 Å². The fourth-order valence-electron chi connectivity index (χ4n) is 2.90. The van der Waals surface area contributed by atoms with Crippen LogP contribution in [0, 0.1) is 6.92 Å². The van der Waals surface area contributed by atoms with Gasteiger partial charge in [0.25, 0.3) is 5.91 Å². The van der Waals surface area contributed by atoms with Crippen molar-refractivity contribution in [2.75, 3.05) is 13.7 Å². The normalized spacial score (nSPS) is 10.8. The molecular weight excluding hydrogens is 300 g/mol. The average Bonchev–Trinajstić information content (AvgIpc) is 2.95. The van der Waals surface area contributed by atoms with Crippen LogP contribution >= 0.6 is 0 Å². The van der Waals surface area contributed by atoms with Crippen molar-refractivity contribution in [3.8, 4) is 5.75 Å². The molecular formula is C20H22N2O2. The highest BCUT2D eigenvalue weighted by Gasteiger charge is 2.14. The summed E-state index contributed by atoms with van der Waals surface area (Å²) in [7, 11) is 1.64. The van der Waals surface area contributed by atoms with Gasteiger partial charge in [-0.2, -0.15) is 0 Å². The molecule has 0 radical (unpaired) electrons. The van der Waals surface area contributed by atoms with E-state index < -0.39 is 0 Å². The third-order valence-corrected chi connectivity index (χ3v) is 4.26. The zero-order valence-electron chi connectivity index (χ0n) is 14.1. The summed E-state index contributed by atoms with van der Waals surface area (Å²) in [4.78, 5) is 15.6. The van der Waals surface area contributed by atoms with Gasteiger partial charge in [0.2, 0.25) is 0 Å². The van der Waals surface area contributed by atoms with Crippen LogP contribution in [0.2, 0.25) is 0 Å². The molecule has 1 amide bonds. The van der Waals surface area contributed by atoms with Crippen LogP contribution in [0.25, 0.3) is 10.9 Å². The topological polar surface area (TPSA) is 54.1 Å². The average molecular weight is 322 g/mol. The second-order valence-electron chi connectivity index (χ2n) is 5.88. The largest absolute Gasteiger partial charge is 0.497 e. The lowest BCUT2D eigenvalue weighted by molar-refractivity contribution is 0.0948. The number of methoxy groups -OCH3 is 1. The number of carbonyl (C=O) groups is 1. The van der Waals surface area contributed by atoms with E-state index in [-0.39, 0.29) is 5.91 Å². The molecule has 0 saturated heterocycles. The number of benzene rings is 2. The Morgan fingerprint density at radius 2 is 1.96 bits per heavy atom. The fraction of sp³-hybridized carbons (Fsp3) is 0.250. The summed E-state index contributed by atoms with van der Waals surface area (Å²) in [6.07, 6.45) is 1.88. The number of ether oxygens (including phenoxy) is 1. The molecule has 3 aromatic rings. The number of aryl methyl sites for hydroxylation is 2. The van der Waals surface area contributed by atoms with Crippen LogP contribution in [-0.2, 0) is 6.42 Å². The number of hydrogen-bond donors (Lipinski definition) is 2. The van der Waals surface area contributed by atoms with E-state index in [0.29, 0.717) is 12.2 Å². The van der Waals surface area contributed by atoms with E-state index in [1.54, 1.807) is 7.11 Å². The molecule has 3 rings (SSSR count). The number of rotatable bonds is 6. The summed E-state index contributed by atoms with van der Waals surface area (Å²) in [5, 5.41) is 4.04. The van der Waals surface area contributed by atoms with Gasteiger partial charge in [-0.25, -0.2) is 0 Å². The summed E-state index contributed by atoms with van der Waals surface area (Å²) < 4.78 is 5.23. The Hall–Kier alpha value is -2.75. The molecule has 0 atom stereocenters. The van der Waals surface area contributed by atoms with Gasteiger partial charge in [-0.1, -0.05) is 30.3 Å². The van der Waals surface area contributed by atoms with Gasteiger partial charge in [0.05, 0.1) is 7.11 Å². The number of H-pyrrole nitrogens is 1. The van der Waals surface area contributed by atoms with Gasteiger partial charge in [0.15, 0.2) is 0 Å². The minimum Gasteiger partial charge on any atom is -0.497 e. The zero-order chi connectivity index (χ0) is 16.9. The molecule has 4 heteroatoms. The Balaban J connectivity index is 1.62. The summed E-state index contributed by atoms with van der Waals surface area (Å²) in [5.41, 5.74) is 3.80. The first kappa shape index (κ1) is 16.1. The molecule has 0 spiro atoms. The van der Waals surface area contributed by atoms with Crippen molar-refractivity contribution >= 4 is 16.8 Å². The Labute approximate surface area is 141 Å². The molecule has 2 aromatic carbocycles. The molecule has 1 aromatic heterocycles. The molecule has 24 heavy (non-hydrogen) atoms. The highest BCUT2D eigenvalue weighted by atomic mass is 16.5. The van der Waals surface area contributed by atoms with Gasteiger partial charge in [-0.3, -0.25) is 4.79 Å². The van der Waals surface area contributed by atoms with Crippen LogP contribution in [0.4, 0.5) is 0 Å². The highest BCUT2D eigenvalue weighted by molar-refractivity contribution is 6.01. The maximum absolute atomic E-state index is 12.4. The molecule has 4 nitrogen and oxygen atoms in total. The third-order valence-electron chi connectivity index (χ3n) is 4.26. The van der Waals surface area contributed by atoms with E-state index in [2.05, 4.69) is 22.4 Å². The maximum atomic E-state index is 12.4. The molecule has 2 N–H and O–H groups in total. The Morgan fingerprint density at radius 3 is 2.71 bits per heavy atom. The lowest BCUT2D eigenvalue weighted by Gasteiger charge is -2.05. The van der Waals surface area contributed by atoms with Crippen molar-refractivity contribution in [3.05, 3.63) is 65.4 Å². The Bertz CT molecular complexity index is 837. The first-order valence-electron chi connectivity index (χ1n) is 8.17. The van der Waals surface area contributed by atoms with Crippen molar-refractivity contribution in [1.29, 1.82) is 0 Å². The highest BCUT2D eigenvalue weighted by Crippen LogP contribution is 2.25. The molecule has 0 bridgehead atoms. The predicted octanol–water partition coefficient (Wildman–Crippen LogP) is 3.85. The number of aromatic nitrogens is 1. The predicted molar refractivity (Wildman–Crippen MR) is 96.7 cm³/mol. The van der Waals surface area contributed by atoms with E-state index in [9.17, 15) is 4.79 Å². The van der Waals surface area contributed by atoms with Gasteiger partial charge in [0, 0.05) is 23.5 Å². The van der Waals surface area contributed by atoms with Crippen LogP contribution < -0.4 is 10.1 Å². The number of carbonyl (C=O) groups excluding carboxylic acids is 1. The van der Waals surface area contributed by atoms with E-state index in [4.69, 9.17) is 4.74 Å². The molecule has 1 heterocycles. The van der Waals surface area contributed by atoms with Crippen LogP contribution in [0.5, 0.6) is 5.75 Å². The zero-order valence-corrected chi connectivity index (χ0v) is 14.1.